The summed E-state index contributed by atoms with van der Waals surface area (Å²) in [5.41, 5.74) is 1.65. The lowest BCUT2D eigenvalue weighted by Crippen LogP contribution is -2.33. The first kappa shape index (κ1) is 25.9. The minimum Gasteiger partial charge on any atom is -0.497 e. The third kappa shape index (κ3) is 6.69. The van der Waals surface area contributed by atoms with Gasteiger partial charge in [0.2, 0.25) is 0 Å². The van der Waals surface area contributed by atoms with Crippen LogP contribution < -0.4 is 20.2 Å². The molecule has 0 saturated carbocycles. The van der Waals surface area contributed by atoms with E-state index in [0.29, 0.717) is 17.4 Å². The molecule has 0 saturated heterocycles. The van der Waals surface area contributed by atoms with Crippen molar-refractivity contribution in [2.75, 3.05) is 12.4 Å². The Morgan fingerprint density at radius 2 is 1.61 bits per heavy atom. The second-order valence-corrected chi connectivity index (χ2v) is 7.29. The van der Waals surface area contributed by atoms with Crippen LogP contribution in [-0.4, -0.2) is 30.6 Å². The van der Waals surface area contributed by atoms with Crippen molar-refractivity contribution in [2.45, 2.75) is 13.1 Å². The second kappa shape index (κ2) is 11.2. The molecule has 8 nitrogen and oxygen atoms in total. The molecule has 0 heterocycles. The van der Waals surface area contributed by atoms with Gasteiger partial charge in [-0.3, -0.25) is 9.59 Å². The Morgan fingerprint density at radius 1 is 0.889 bits per heavy atom. The summed E-state index contributed by atoms with van der Waals surface area (Å²) >= 11 is 0. The van der Waals surface area contributed by atoms with Crippen LogP contribution in [0.2, 0.25) is 0 Å². The molecule has 2 amide bonds. The number of carbonyl (C=O) groups excluding carboxylic acids is 3. The number of rotatable bonds is 6. The van der Waals surface area contributed by atoms with Crippen LogP contribution in [0.1, 0.15) is 28.4 Å². The van der Waals surface area contributed by atoms with E-state index < -0.39 is 29.5 Å². The van der Waals surface area contributed by atoms with E-state index in [9.17, 15) is 27.6 Å². The van der Waals surface area contributed by atoms with E-state index in [1.54, 1.807) is 36.4 Å². The number of hydrazone groups is 1. The van der Waals surface area contributed by atoms with E-state index in [4.69, 9.17) is 9.47 Å². The highest BCUT2D eigenvalue weighted by atomic mass is 19.4. The van der Waals surface area contributed by atoms with Crippen LogP contribution >= 0.6 is 0 Å². The molecule has 3 aromatic rings. The molecule has 0 radical (unpaired) electrons. The molecule has 36 heavy (non-hydrogen) atoms. The number of hydrogen-bond donors (Lipinski definition) is 2. The van der Waals surface area contributed by atoms with Gasteiger partial charge in [0, 0.05) is 11.3 Å². The fraction of sp³-hybridized carbons (Fsp3) is 0.120. The molecule has 0 unspecified atom stereocenters. The Labute approximate surface area is 203 Å². The monoisotopic (exact) mass is 499 g/mol. The average Bonchev–Trinajstić information content (AvgIpc) is 2.87. The van der Waals surface area contributed by atoms with Crippen LogP contribution in [-0.2, 0) is 15.8 Å². The van der Waals surface area contributed by atoms with Crippen molar-refractivity contribution < 1.29 is 37.0 Å². The quantitative estimate of drug-likeness (QED) is 0.172. The number of methoxy groups -OCH3 is 1. The number of para-hydroxylation sites is 1. The summed E-state index contributed by atoms with van der Waals surface area (Å²) in [6, 6.07) is 16.6. The van der Waals surface area contributed by atoms with E-state index in [2.05, 4.69) is 10.4 Å². The average molecular weight is 499 g/mol. The van der Waals surface area contributed by atoms with Crippen molar-refractivity contribution in [2.24, 2.45) is 5.10 Å². The number of hydrogen-bond acceptors (Lipinski definition) is 6. The summed E-state index contributed by atoms with van der Waals surface area (Å²) in [6.45, 7) is 1.50. The number of anilines is 1. The van der Waals surface area contributed by atoms with Crippen LogP contribution in [0.3, 0.4) is 0 Å². The molecule has 2 N–H and O–H groups in total. The Hall–Kier alpha value is -4.67. The highest BCUT2D eigenvalue weighted by molar-refractivity contribution is 6.39. The zero-order valence-electron chi connectivity index (χ0n) is 19.1. The van der Waals surface area contributed by atoms with E-state index >= 15 is 0 Å². The zero-order chi connectivity index (χ0) is 26.3. The van der Waals surface area contributed by atoms with Crippen molar-refractivity contribution >= 4 is 29.2 Å². The third-order valence-electron chi connectivity index (χ3n) is 4.76. The summed E-state index contributed by atoms with van der Waals surface area (Å²) < 4.78 is 49.1. The van der Waals surface area contributed by atoms with Crippen molar-refractivity contribution in [1.82, 2.24) is 5.43 Å². The number of ether oxygens (including phenoxy) is 2. The number of nitrogens with one attached hydrogen (secondary N) is 2. The summed E-state index contributed by atoms with van der Waals surface area (Å²) in [7, 11) is 1.47. The minimum absolute atomic E-state index is 0.147. The largest absolute Gasteiger partial charge is 0.497 e. The predicted molar refractivity (Wildman–Crippen MR) is 125 cm³/mol. The molecule has 0 fully saturated rings. The first-order valence-corrected chi connectivity index (χ1v) is 10.4. The van der Waals surface area contributed by atoms with E-state index in [1.165, 1.54) is 32.2 Å². The Morgan fingerprint density at radius 3 is 2.33 bits per heavy atom. The lowest BCUT2D eigenvalue weighted by molar-refractivity contribution is -0.137. The maximum Gasteiger partial charge on any atom is 0.416 e. The molecule has 0 atom stereocenters. The van der Waals surface area contributed by atoms with E-state index in [-0.39, 0.29) is 22.7 Å². The molecular weight excluding hydrogens is 479 g/mol. The third-order valence-corrected chi connectivity index (χ3v) is 4.76. The maximum atomic E-state index is 12.8. The van der Waals surface area contributed by atoms with Crippen LogP contribution in [0, 0.1) is 0 Å². The van der Waals surface area contributed by atoms with Crippen LogP contribution in [0.4, 0.5) is 18.9 Å². The molecule has 0 bridgehead atoms. The van der Waals surface area contributed by atoms with E-state index in [0.717, 1.165) is 12.1 Å². The van der Waals surface area contributed by atoms with Gasteiger partial charge < -0.3 is 14.8 Å². The lowest BCUT2D eigenvalue weighted by atomic mass is 10.1. The van der Waals surface area contributed by atoms with Gasteiger partial charge in [0.15, 0.2) is 0 Å². The van der Waals surface area contributed by atoms with Gasteiger partial charge in [-0.05, 0) is 55.5 Å². The first-order valence-electron chi connectivity index (χ1n) is 10.4. The number of esters is 1. The van der Waals surface area contributed by atoms with Gasteiger partial charge >= 0.3 is 24.0 Å². The number of nitrogens with zero attached hydrogens (tertiary/aromatic N) is 1. The first-order chi connectivity index (χ1) is 17.1. The fourth-order valence-electron chi connectivity index (χ4n) is 2.97. The second-order valence-electron chi connectivity index (χ2n) is 7.29. The molecule has 3 rings (SSSR count). The van der Waals surface area contributed by atoms with Crippen molar-refractivity contribution in [3.8, 4) is 11.5 Å². The normalized spacial score (nSPS) is 11.4. The number of benzene rings is 3. The standard InChI is InChI=1S/C25H20F3N3O5/c1-15(30-31-23(33)22(32)29-18-9-6-8-17(14-18)25(26,27)28)20-11-3-4-12-21(20)36-24(34)16-7-5-10-19(13-16)35-2/h3-14H,1-2H3,(H,29,32)(H,31,33)/b30-15+. The smallest absolute Gasteiger partial charge is 0.416 e. The summed E-state index contributed by atoms with van der Waals surface area (Å²) in [6.07, 6.45) is -4.60. The van der Waals surface area contributed by atoms with E-state index in [1.807, 2.05) is 5.43 Å². The van der Waals surface area contributed by atoms with Crippen LogP contribution in [0.25, 0.3) is 0 Å². The number of alkyl halides is 3. The molecule has 0 aliphatic rings. The van der Waals surface area contributed by atoms with Crippen molar-refractivity contribution in [3.63, 3.8) is 0 Å². The zero-order valence-corrected chi connectivity index (χ0v) is 19.1. The summed E-state index contributed by atoms with van der Waals surface area (Å²) in [5, 5.41) is 5.93. The van der Waals surface area contributed by atoms with Gasteiger partial charge in [0.25, 0.3) is 0 Å². The Kier molecular flexibility index (Phi) is 8.05. The SMILES string of the molecule is COc1cccc(C(=O)Oc2ccccc2/C(C)=N/NC(=O)C(=O)Nc2cccc(C(F)(F)F)c2)c1. The summed E-state index contributed by atoms with van der Waals surface area (Å²) in [5.74, 6) is -2.46. The summed E-state index contributed by atoms with van der Waals surface area (Å²) in [4.78, 5) is 36.8. The van der Waals surface area contributed by atoms with Gasteiger partial charge in [-0.2, -0.15) is 18.3 Å². The van der Waals surface area contributed by atoms with Crippen molar-refractivity contribution in [1.29, 1.82) is 0 Å². The fourth-order valence-corrected chi connectivity index (χ4v) is 2.97. The molecule has 0 aromatic heterocycles. The molecule has 3 aromatic carbocycles. The maximum absolute atomic E-state index is 12.8. The predicted octanol–water partition coefficient (Wildman–Crippen LogP) is 4.41. The molecule has 11 heteroatoms. The molecule has 0 spiro atoms. The molecule has 186 valence electrons. The highest BCUT2D eigenvalue weighted by Crippen LogP contribution is 2.30. The van der Waals surface area contributed by atoms with Gasteiger partial charge in [0.1, 0.15) is 11.5 Å². The number of amides is 2. The topological polar surface area (TPSA) is 106 Å². The molecule has 0 aliphatic heterocycles. The Bertz CT molecular complexity index is 1320. The minimum atomic E-state index is -4.60. The molecule has 0 aliphatic carbocycles. The van der Waals surface area contributed by atoms with Gasteiger partial charge in [-0.1, -0.05) is 24.3 Å². The lowest BCUT2D eigenvalue weighted by Gasteiger charge is -2.11. The van der Waals surface area contributed by atoms with Crippen molar-refractivity contribution in [3.05, 3.63) is 89.5 Å². The highest BCUT2D eigenvalue weighted by Gasteiger charge is 2.30. The van der Waals surface area contributed by atoms with Gasteiger partial charge in [-0.25, -0.2) is 10.2 Å². The van der Waals surface area contributed by atoms with Crippen LogP contribution in [0.15, 0.2) is 77.9 Å². The number of carbonyl (C=O) groups is 3. The van der Waals surface area contributed by atoms with Gasteiger partial charge in [0.05, 0.1) is 23.9 Å². The van der Waals surface area contributed by atoms with Crippen LogP contribution in [0.5, 0.6) is 11.5 Å². The number of halogens is 3. The molecular formula is C25H20F3N3O5. The van der Waals surface area contributed by atoms with Gasteiger partial charge in [-0.15, -0.1) is 0 Å². The Balaban J connectivity index is 1.69.